The van der Waals surface area contributed by atoms with Crippen molar-refractivity contribution in [2.24, 2.45) is 4.99 Å². The Labute approximate surface area is 181 Å². The lowest BCUT2D eigenvalue weighted by Crippen LogP contribution is -2.46. The van der Waals surface area contributed by atoms with E-state index in [-0.39, 0.29) is 24.0 Å². The molecular weight excluding hydrogens is 453 g/mol. The zero-order valence-corrected chi connectivity index (χ0v) is 19.2. The zero-order chi connectivity index (χ0) is 18.5. The monoisotopic (exact) mass is 489 g/mol. The second-order valence-corrected chi connectivity index (χ2v) is 6.64. The van der Waals surface area contributed by atoms with Crippen LogP contribution in [-0.4, -0.2) is 77.4 Å². The Bertz CT molecular complexity index is 506. The highest BCUT2D eigenvalue weighted by Crippen LogP contribution is 2.15. The number of benzene rings is 1. The molecule has 7 heteroatoms. The minimum atomic E-state index is 0. The summed E-state index contributed by atoms with van der Waals surface area (Å²) in [6.07, 6.45) is 3.38. The van der Waals surface area contributed by atoms with Gasteiger partial charge in [0.25, 0.3) is 0 Å². The van der Waals surface area contributed by atoms with Gasteiger partial charge < -0.3 is 20.3 Å². The number of aliphatic imine (C=N–C) groups is 1. The lowest BCUT2D eigenvalue weighted by atomic mass is 10.2. The number of para-hydroxylation sites is 1. The van der Waals surface area contributed by atoms with Crippen molar-refractivity contribution in [2.45, 2.75) is 19.3 Å². The van der Waals surface area contributed by atoms with Crippen LogP contribution in [0.25, 0.3) is 0 Å². The van der Waals surface area contributed by atoms with E-state index in [9.17, 15) is 0 Å². The van der Waals surface area contributed by atoms with E-state index < -0.39 is 0 Å². The van der Waals surface area contributed by atoms with E-state index >= 15 is 0 Å². The van der Waals surface area contributed by atoms with E-state index in [0.29, 0.717) is 0 Å². The molecule has 1 aliphatic heterocycles. The Morgan fingerprint density at radius 2 is 1.67 bits per heavy atom. The lowest BCUT2D eigenvalue weighted by molar-refractivity contribution is 0.195. The van der Waals surface area contributed by atoms with Crippen molar-refractivity contribution in [3.8, 4) is 0 Å². The highest BCUT2D eigenvalue weighted by atomic mass is 127. The molecule has 6 nitrogen and oxygen atoms in total. The number of rotatable bonds is 10. The minimum Gasteiger partial charge on any atom is -0.385 e. The van der Waals surface area contributed by atoms with Crippen molar-refractivity contribution in [3.63, 3.8) is 0 Å². The maximum absolute atomic E-state index is 5.05. The van der Waals surface area contributed by atoms with Crippen LogP contribution < -0.4 is 15.5 Å². The van der Waals surface area contributed by atoms with Crippen molar-refractivity contribution >= 4 is 35.6 Å². The van der Waals surface area contributed by atoms with Crippen LogP contribution in [0.4, 0.5) is 5.69 Å². The molecule has 27 heavy (non-hydrogen) atoms. The van der Waals surface area contributed by atoms with E-state index in [1.165, 1.54) is 18.7 Å². The summed E-state index contributed by atoms with van der Waals surface area (Å²) in [7, 11) is 3.55. The number of hydrogen-bond donors (Lipinski definition) is 2. The number of methoxy groups -OCH3 is 1. The number of anilines is 1. The van der Waals surface area contributed by atoms with Gasteiger partial charge in [-0.2, -0.15) is 0 Å². The zero-order valence-electron chi connectivity index (χ0n) is 16.8. The molecule has 1 aliphatic rings. The molecule has 2 N–H and O–H groups in total. The third-order valence-electron chi connectivity index (χ3n) is 4.73. The van der Waals surface area contributed by atoms with Crippen molar-refractivity contribution < 1.29 is 4.74 Å². The summed E-state index contributed by atoms with van der Waals surface area (Å²) in [4.78, 5) is 9.31. The smallest absolute Gasteiger partial charge is 0.190 e. The predicted octanol–water partition coefficient (Wildman–Crippen LogP) is 2.41. The summed E-state index contributed by atoms with van der Waals surface area (Å²) in [5.41, 5.74) is 1.35. The maximum Gasteiger partial charge on any atom is 0.190 e. The summed E-state index contributed by atoms with van der Waals surface area (Å²) in [6.45, 7) is 8.38. The van der Waals surface area contributed by atoms with Crippen molar-refractivity contribution in [1.82, 2.24) is 15.5 Å². The van der Waals surface area contributed by atoms with E-state index in [2.05, 4.69) is 55.8 Å². The van der Waals surface area contributed by atoms with Gasteiger partial charge in [0, 0.05) is 65.7 Å². The van der Waals surface area contributed by atoms with Crippen LogP contribution in [0.2, 0.25) is 0 Å². The first-order valence-electron chi connectivity index (χ1n) is 9.79. The average Bonchev–Trinajstić information content (AvgIpc) is 2.70. The quantitative estimate of drug-likeness (QED) is 0.229. The average molecular weight is 489 g/mol. The summed E-state index contributed by atoms with van der Waals surface area (Å²) in [5, 5.41) is 6.69. The van der Waals surface area contributed by atoms with Gasteiger partial charge in [0.05, 0.1) is 0 Å². The maximum atomic E-state index is 5.05. The van der Waals surface area contributed by atoms with Gasteiger partial charge in [-0.3, -0.25) is 9.89 Å². The van der Waals surface area contributed by atoms with Gasteiger partial charge in [-0.05, 0) is 37.9 Å². The highest BCUT2D eigenvalue weighted by molar-refractivity contribution is 14.0. The van der Waals surface area contributed by atoms with Gasteiger partial charge in [-0.15, -0.1) is 24.0 Å². The van der Waals surface area contributed by atoms with E-state index in [1.807, 2.05) is 7.05 Å². The van der Waals surface area contributed by atoms with Crippen LogP contribution in [0.15, 0.2) is 35.3 Å². The predicted molar refractivity (Wildman–Crippen MR) is 126 cm³/mol. The number of ether oxygens (including phenoxy) is 1. The molecule has 0 unspecified atom stereocenters. The Balaban J connectivity index is 0.00000364. The van der Waals surface area contributed by atoms with Gasteiger partial charge in [0.1, 0.15) is 0 Å². The minimum absolute atomic E-state index is 0. The van der Waals surface area contributed by atoms with Gasteiger partial charge in [0.15, 0.2) is 5.96 Å². The molecule has 0 atom stereocenters. The number of nitrogens with one attached hydrogen (secondary N) is 2. The first-order chi connectivity index (χ1) is 12.8. The Hall–Kier alpha value is -1.06. The molecule has 0 saturated carbocycles. The van der Waals surface area contributed by atoms with Gasteiger partial charge >= 0.3 is 0 Å². The third-order valence-corrected chi connectivity index (χ3v) is 4.73. The summed E-state index contributed by atoms with van der Waals surface area (Å²) >= 11 is 0. The van der Waals surface area contributed by atoms with Crippen LogP contribution >= 0.6 is 24.0 Å². The molecule has 154 valence electrons. The number of hydrogen-bond acceptors (Lipinski definition) is 4. The molecule has 1 fully saturated rings. The van der Waals surface area contributed by atoms with Crippen LogP contribution in [0.3, 0.4) is 0 Å². The Kier molecular flexibility index (Phi) is 13.3. The molecule has 1 heterocycles. The molecule has 0 radical (unpaired) electrons. The molecular formula is C20H36IN5O. The number of unbranched alkanes of at least 4 members (excludes halogenated alkanes) is 1. The largest absolute Gasteiger partial charge is 0.385 e. The van der Waals surface area contributed by atoms with Gasteiger partial charge in [0.2, 0.25) is 0 Å². The molecule has 0 aliphatic carbocycles. The first-order valence-corrected chi connectivity index (χ1v) is 9.79. The molecule has 0 bridgehead atoms. The molecule has 2 rings (SSSR count). The van der Waals surface area contributed by atoms with Gasteiger partial charge in [-0.25, -0.2) is 0 Å². The molecule has 0 spiro atoms. The Morgan fingerprint density at radius 1 is 1.00 bits per heavy atom. The summed E-state index contributed by atoms with van der Waals surface area (Å²) in [5.74, 6) is 0.887. The van der Waals surface area contributed by atoms with E-state index in [4.69, 9.17) is 4.74 Å². The molecule has 1 aromatic carbocycles. The molecule has 1 saturated heterocycles. The fourth-order valence-corrected chi connectivity index (χ4v) is 3.18. The van der Waals surface area contributed by atoms with E-state index in [1.54, 1.807) is 7.11 Å². The normalized spacial score (nSPS) is 15.3. The van der Waals surface area contributed by atoms with Crippen LogP contribution in [0, 0.1) is 0 Å². The third kappa shape index (κ3) is 9.62. The number of piperazine rings is 1. The van der Waals surface area contributed by atoms with Crippen LogP contribution in [0.1, 0.15) is 19.3 Å². The van der Waals surface area contributed by atoms with Crippen molar-refractivity contribution in [2.75, 3.05) is 71.5 Å². The lowest BCUT2D eigenvalue weighted by Gasteiger charge is -2.36. The topological polar surface area (TPSA) is 52.1 Å². The van der Waals surface area contributed by atoms with Crippen molar-refractivity contribution in [1.29, 1.82) is 0 Å². The SMILES string of the molecule is CN=C(NCCCCN1CCN(c2ccccc2)CC1)NCCCOC.I. The summed E-state index contributed by atoms with van der Waals surface area (Å²) in [6, 6.07) is 10.7. The van der Waals surface area contributed by atoms with E-state index in [0.717, 1.165) is 64.7 Å². The second-order valence-electron chi connectivity index (χ2n) is 6.64. The fraction of sp³-hybridized carbons (Fsp3) is 0.650. The summed E-state index contributed by atoms with van der Waals surface area (Å²) < 4.78 is 5.05. The Morgan fingerprint density at radius 3 is 2.30 bits per heavy atom. The molecule has 0 amide bonds. The van der Waals surface area contributed by atoms with Crippen molar-refractivity contribution in [3.05, 3.63) is 30.3 Å². The van der Waals surface area contributed by atoms with Gasteiger partial charge in [-0.1, -0.05) is 18.2 Å². The highest BCUT2D eigenvalue weighted by Gasteiger charge is 2.16. The second kappa shape index (κ2) is 14.9. The standard InChI is InChI=1S/C20H35N5O.HI/c1-21-20(23-12-8-18-26-2)22-11-6-7-13-24-14-16-25(17-15-24)19-9-4-3-5-10-19;/h3-5,9-10H,6-8,11-18H2,1-2H3,(H2,21,22,23);1H. The number of nitrogens with zero attached hydrogens (tertiary/aromatic N) is 3. The van der Waals surface area contributed by atoms with Crippen LogP contribution in [0.5, 0.6) is 0 Å². The fourth-order valence-electron chi connectivity index (χ4n) is 3.18. The number of halogens is 1. The molecule has 0 aromatic heterocycles. The first kappa shape index (κ1) is 24.0. The molecule has 1 aromatic rings. The number of guanidine groups is 1. The van der Waals surface area contributed by atoms with Crippen LogP contribution in [-0.2, 0) is 4.74 Å².